The van der Waals surface area contributed by atoms with Crippen LogP contribution in [0.5, 0.6) is 0 Å². The first-order chi connectivity index (χ1) is 13.7. The highest BCUT2D eigenvalue weighted by molar-refractivity contribution is 8.27. The number of amides is 1. The quantitative estimate of drug-likeness (QED) is 0.332. The number of nitro groups is 1. The maximum atomic E-state index is 12.9. The molecule has 1 amide bonds. The molecule has 1 heterocycles. The molecular weight excluding hydrogens is 414 g/mol. The van der Waals surface area contributed by atoms with Gasteiger partial charge in [0.05, 0.1) is 21.1 Å². The lowest BCUT2D eigenvalue weighted by Crippen LogP contribution is -2.27. The molecule has 3 rings (SSSR count). The van der Waals surface area contributed by atoms with Gasteiger partial charge >= 0.3 is 5.97 Å². The Morgan fingerprint density at radius 2 is 2.00 bits per heavy atom. The van der Waals surface area contributed by atoms with Crippen LogP contribution in [-0.4, -0.2) is 40.3 Å². The van der Waals surface area contributed by atoms with Crippen molar-refractivity contribution in [2.45, 2.75) is 0 Å². The fraction of sp³-hybridized carbons (Fsp3) is 0.105. The van der Waals surface area contributed by atoms with Crippen molar-refractivity contribution in [3.63, 3.8) is 0 Å². The van der Waals surface area contributed by atoms with Crippen molar-refractivity contribution in [1.82, 2.24) is 0 Å². The molecule has 29 heavy (non-hydrogen) atoms. The van der Waals surface area contributed by atoms with E-state index in [1.165, 1.54) is 35.2 Å². The van der Waals surface area contributed by atoms with E-state index in [1.807, 2.05) is 0 Å². The maximum Gasteiger partial charge on any atom is 0.335 e. The Morgan fingerprint density at radius 1 is 1.28 bits per heavy atom. The Labute approximate surface area is 175 Å². The summed E-state index contributed by atoms with van der Waals surface area (Å²) < 4.78 is 0.253. The number of carboxylic acids is 1. The minimum absolute atomic E-state index is 0.0374. The molecule has 2 aromatic carbocycles. The molecule has 2 aromatic rings. The van der Waals surface area contributed by atoms with Crippen LogP contribution in [-0.2, 0) is 4.79 Å². The maximum absolute atomic E-state index is 12.9. The number of thiocarbonyl (C=S) groups is 1. The van der Waals surface area contributed by atoms with Gasteiger partial charge in [-0.3, -0.25) is 19.8 Å². The second-order valence-electron chi connectivity index (χ2n) is 6.27. The summed E-state index contributed by atoms with van der Waals surface area (Å²) in [6, 6.07) is 10.6. The lowest BCUT2D eigenvalue weighted by Gasteiger charge is -2.15. The summed E-state index contributed by atoms with van der Waals surface area (Å²) in [6.45, 7) is 0. The van der Waals surface area contributed by atoms with Crippen molar-refractivity contribution in [1.29, 1.82) is 0 Å². The van der Waals surface area contributed by atoms with Crippen LogP contribution < -0.4 is 9.80 Å². The number of carbonyl (C=O) groups is 2. The van der Waals surface area contributed by atoms with E-state index in [4.69, 9.17) is 17.3 Å². The van der Waals surface area contributed by atoms with Gasteiger partial charge in [0, 0.05) is 20.2 Å². The Morgan fingerprint density at radius 3 is 2.62 bits per heavy atom. The topological polar surface area (TPSA) is 104 Å². The van der Waals surface area contributed by atoms with Crippen LogP contribution >= 0.6 is 24.0 Å². The number of carboxylic acid groups (broad SMARTS) is 1. The van der Waals surface area contributed by atoms with Gasteiger partial charge in [-0.05, 0) is 35.9 Å². The third-order valence-corrected chi connectivity index (χ3v) is 5.42. The molecule has 1 N–H and O–H groups in total. The Bertz CT molecular complexity index is 1080. The lowest BCUT2D eigenvalue weighted by molar-refractivity contribution is -0.384. The van der Waals surface area contributed by atoms with Crippen LogP contribution in [0.1, 0.15) is 15.9 Å². The number of aromatic carboxylic acids is 1. The largest absolute Gasteiger partial charge is 0.478 e. The molecule has 0 bridgehead atoms. The molecule has 0 aromatic heterocycles. The Balaban J connectivity index is 1.96. The van der Waals surface area contributed by atoms with E-state index in [-0.39, 0.29) is 15.6 Å². The molecule has 1 saturated heterocycles. The summed E-state index contributed by atoms with van der Waals surface area (Å²) in [6.07, 6.45) is 1.53. The van der Waals surface area contributed by atoms with Gasteiger partial charge in [0.15, 0.2) is 4.32 Å². The molecular formula is C19H15N3O5S2. The minimum Gasteiger partial charge on any atom is -0.478 e. The third-order valence-electron chi connectivity index (χ3n) is 4.12. The van der Waals surface area contributed by atoms with Crippen molar-refractivity contribution in [3.05, 3.63) is 68.6 Å². The molecule has 0 atom stereocenters. The highest BCUT2D eigenvalue weighted by atomic mass is 32.2. The van der Waals surface area contributed by atoms with Crippen molar-refractivity contribution >= 4 is 63.3 Å². The predicted molar refractivity (Wildman–Crippen MR) is 116 cm³/mol. The van der Waals surface area contributed by atoms with Gasteiger partial charge < -0.3 is 10.0 Å². The van der Waals surface area contributed by atoms with Gasteiger partial charge in [0.2, 0.25) is 0 Å². The minimum atomic E-state index is -1.11. The summed E-state index contributed by atoms with van der Waals surface area (Å²) >= 11 is 6.34. The van der Waals surface area contributed by atoms with Gasteiger partial charge in [-0.15, -0.1) is 0 Å². The summed E-state index contributed by atoms with van der Waals surface area (Å²) in [5.74, 6) is -1.52. The first-order valence-electron chi connectivity index (χ1n) is 8.26. The van der Waals surface area contributed by atoms with Crippen molar-refractivity contribution in [2.75, 3.05) is 23.9 Å². The summed E-state index contributed by atoms with van der Waals surface area (Å²) in [7, 11) is 3.41. The smallest absolute Gasteiger partial charge is 0.335 e. The fourth-order valence-corrected chi connectivity index (χ4v) is 4.07. The number of nitrogens with zero attached hydrogens (tertiary/aromatic N) is 3. The van der Waals surface area contributed by atoms with Crippen molar-refractivity contribution in [2.24, 2.45) is 0 Å². The van der Waals surface area contributed by atoms with E-state index in [9.17, 15) is 19.7 Å². The molecule has 1 fully saturated rings. The molecule has 1 aliphatic rings. The van der Waals surface area contributed by atoms with Gasteiger partial charge in [0.1, 0.15) is 5.69 Å². The first-order valence-corrected chi connectivity index (χ1v) is 9.48. The van der Waals surface area contributed by atoms with Crippen LogP contribution in [0.2, 0.25) is 0 Å². The Hall–Kier alpha value is -3.24. The van der Waals surface area contributed by atoms with E-state index in [0.29, 0.717) is 21.8 Å². The standard InChI is InChI=1S/C19H15N3O5S2/c1-20(2)14-7-6-11(8-15(14)22(26)27)9-16-17(23)21(19(28)29-16)13-5-3-4-12(10-13)18(24)25/h3-10H,1-2H3,(H,24,25)/b16-9-. The molecule has 0 radical (unpaired) electrons. The lowest BCUT2D eigenvalue weighted by atomic mass is 10.1. The summed E-state index contributed by atoms with van der Waals surface area (Å²) in [5, 5.41) is 20.5. The highest BCUT2D eigenvalue weighted by Crippen LogP contribution is 2.37. The number of nitro benzene ring substituents is 1. The van der Waals surface area contributed by atoms with Gasteiger partial charge in [-0.2, -0.15) is 0 Å². The highest BCUT2D eigenvalue weighted by Gasteiger charge is 2.33. The van der Waals surface area contributed by atoms with Crippen LogP contribution in [0.15, 0.2) is 47.4 Å². The van der Waals surface area contributed by atoms with E-state index in [0.717, 1.165) is 11.8 Å². The second kappa shape index (κ2) is 8.02. The summed E-state index contributed by atoms with van der Waals surface area (Å²) in [5.41, 5.74) is 1.25. The second-order valence-corrected chi connectivity index (χ2v) is 7.95. The van der Waals surface area contributed by atoms with Crippen molar-refractivity contribution < 1.29 is 19.6 Å². The molecule has 1 aliphatic heterocycles. The van der Waals surface area contributed by atoms with E-state index >= 15 is 0 Å². The zero-order valence-electron chi connectivity index (χ0n) is 15.4. The molecule has 0 saturated carbocycles. The molecule has 10 heteroatoms. The van der Waals surface area contributed by atoms with Gasteiger partial charge in [-0.25, -0.2) is 4.79 Å². The fourth-order valence-electron chi connectivity index (χ4n) is 2.77. The zero-order valence-corrected chi connectivity index (χ0v) is 17.0. The summed E-state index contributed by atoms with van der Waals surface area (Å²) in [4.78, 5) is 38.1. The normalized spacial score (nSPS) is 15.1. The average Bonchev–Trinajstić information content (AvgIpc) is 2.94. The molecule has 0 unspecified atom stereocenters. The van der Waals surface area contributed by atoms with Crippen molar-refractivity contribution in [3.8, 4) is 0 Å². The number of hydrogen-bond donors (Lipinski definition) is 1. The predicted octanol–water partition coefficient (Wildman–Crippen LogP) is 3.76. The van der Waals surface area contributed by atoms with Crippen LogP contribution in [0, 0.1) is 10.1 Å². The molecule has 148 valence electrons. The number of benzene rings is 2. The average molecular weight is 429 g/mol. The van der Waals surface area contributed by atoms with Crippen LogP contribution in [0.25, 0.3) is 6.08 Å². The zero-order chi connectivity index (χ0) is 21.3. The Kier molecular flexibility index (Phi) is 5.66. The molecule has 0 aliphatic carbocycles. The monoisotopic (exact) mass is 429 g/mol. The number of anilines is 2. The van der Waals surface area contributed by atoms with E-state index in [2.05, 4.69) is 0 Å². The van der Waals surface area contributed by atoms with Gasteiger partial charge in [0.25, 0.3) is 11.6 Å². The van der Waals surface area contributed by atoms with Crippen LogP contribution in [0.3, 0.4) is 0 Å². The number of thioether (sulfide) groups is 1. The number of rotatable bonds is 5. The molecule has 8 nitrogen and oxygen atoms in total. The SMILES string of the molecule is CN(C)c1ccc(/C=C2\SC(=S)N(c3cccc(C(=O)O)c3)C2=O)cc1[N+](=O)[O-]. The number of carbonyl (C=O) groups excluding carboxylic acids is 1. The number of hydrogen-bond acceptors (Lipinski definition) is 7. The van der Waals surface area contributed by atoms with Crippen LogP contribution in [0.4, 0.5) is 17.1 Å². The third kappa shape index (κ3) is 4.13. The van der Waals surface area contributed by atoms with E-state index in [1.54, 1.807) is 37.2 Å². The van der Waals surface area contributed by atoms with Gasteiger partial charge in [-0.1, -0.05) is 36.1 Å². The van der Waals surface area contributed by atoms with E-state index < -0.39 is 16.8 Å². The first kappa shape index (κ1) is 20.5. The molecule has 0 spiro atoms.